The fourth-order valence-electron chi connectivity index (χ4n) is 0.186. The lowest BCUT2D eigenvalue weighted by molar-refractivity contribution is 1.30. The van der Waals surface area contributed by atoms with Crippen LogP contribution < -0.4 is 0 Å². The SMILES string of the molecule is BrCC(Br)C(Br)=C(Br)Br. The minimum Gasteiger partial charge on any atom is -0.0912 e. The van der Waals surface area contributed by atoms with Crippen LogP contribution in [0.5, 0.6) is 0 Å². The number of hydrogen-bond acceptors (Lipinski definition) is 0. The normalized spacial score (nSPS) is 13.0. The molecule has 9 heavy (non-hydrogen) atoms. The Morgan fingerprint density at radius 1 is 1.22 bits per heavy atom. The highest BCUT2D eigenvalue weighted by molar-refractivity contribution is 9.29. The maximum Gasteiger partial charge on any atom is 0.0716 e. The summed E-state index contributed by atoms with van der Waals surface area (Å²) in [4.78, 5) is 0.325. The Morgan fingerprint density at radius 3 is 1.78 bits per heavy atom. The zero-order chi connectivity index (χ0) is 7.44. The van der Waals surface area contributed by atoms with Crippen LogP contribution >= 0.6 is 79.6 Å². The topological polar surface area (TPSA) is 0 Å². The maximum absolute atomic E-state index is 3.43. The lowest BCUT2D eigenvalue weighted by Gasteiger charge is -2.03. The molecule has 0 saturated heterocycles. The molecule has 0 heterocycles. The van der Waals surface area contributed by atoms with Gasteiger partial charge in [0.1, 0.15) is 0 Å². The Labute approximate surface area is 96.5 Å². The van der Waals surface area contributed by atoms with Gasteiger partial charge in [-0.25, -0.2) is 0 Å². The summed E-state index contributed by atoms with van der Waals surface area (Å²) in [6, 6.07) is 0. The average Bonchev–Trinajstić information content (AvgIpc) is 1.84. The van der Waals surface area contributed by atoms with Crippen LogP contribution in [0, 0.1) is 0 Å². The highest BCUT2D eigenvalue weighted by Gasteiger charge is 2.07. The molecule has 0 N–H and O–H groups in total. The van der Waals surface area contributed by atoms with E-state index in [2.05, 4.69) is 79.6 Å². The van der Waals surface area contributed by atoms with E-state index in [1.807, 2.05) is 0 Å². The van der Waals surface area contributed by atoms with Crippen molar-refractivity contribution in [2.24, 2.45) is 0 Å². The van der Waals surface area contributed by atoms with E-state index >= 15 is 0 Å². The van der Waals surface area contributed by atoms with Crippen molar-refractivity contribution in [1.82, 2.24) is 0 Å². The standard InChI is InChI=1S/C4H3Br5/c5-1-2(6)3(7)4(8)9/h2H,1H2. The van der Waals surface area contributed by atoms with E-state index in [0.717, 1.165) is 13.2 Å². The van der Waals surface area contributed by atoms with E-state index in [-0.39, 0.29) is 0 Å². The zero-order valence-corrected chi connectivity index (χ0v) is 12.1. The van der Waals surface area contributed by atoms with E-state index in [0.29, 0.717) is 4.83 Å². The van der Waals surface area contributed by atoms with Gasteiger partial charge in [-0.3, -0.25) is 0 Å². The van der Waals surface area contributed by atoms with Crippen LogP contribution in [0.15, 0.2) is 7.87 Å². The second-order valence-electron chi connectivity index (χ2n) is 1.23. The average molecular weight is 451 g/mol. The van der Waals surface area contributed by atoms with E-state index in [9.17, 15) is 0 Å². The van der Waals surface area contributed by atoms with Gasteiger partial charge in [0.25, 0.3) is 0 Å². The first-order valence-electron chi connectivity index (χ1n) is 2.00. The Morgan fingerprint density at radius 2 is 1.67 bits per heavy atom. The molecule has 0 aromatic heterocycles. The summed E-state index contributed by atoms with van der Waals surface area (Å²) in [5.74, 6) is 0. The van der Waals surface area contributed by atoms with Gasteiger partial charge in [0.05, 0.1) is 8.22 Å². The number of allylic oxidation sites excluding steroid dienone is 1. The molecule has 0 aliphatic carbocycles. The molecule has 0 radical (unpaired) electrons. The van der Waals surface area contributed by atoms with Crippen molar-refractivity contribution in [3.8, 4) is 0 Å². The third-order valence-electron chi connectivity index (χ3n) is 0.591. The van der Waals surface area contributed by atoms with E-state index in [1.165, 1.54) is 0 Å². The third kappa shape index (κ3) is 4.56. The highest BCUT2D eigenvalue weighted by atomic mass is 79.9. The Hall–Kier alpha value is 2.14. The molecule has 0 aliphatic rings. The first-order valence-corrected chi connectivity index (χ1v) is 6.42. The van der Waals surface area contributed by atoms with Crippen LogP contribution in [-0.4, -0.2) is 10.2 Å². The smallest absolute Gasteiger partial charge is 0.0716 e. The molecule has 1 unspecified atom stereocenters. The van der Waals surface area contributed by atoms with Crippen molar-refractivity contribution < 1.29 is 0 Å². The Balaban J connectivity index is 4.02. The lowest BCUT2D eigenvalue weighted by atomic mass is 10.5. The third-order valence-corrected chi connectivity index (χ3v) is 6.37. The van der Waals surface area contributed by atoms with Gasteiger partial charge in [-0.05, 0) is 31.9 Å². The minimum atomic E-state index is 0.325. The number of halogens is 5. The van der Waals surface area contributed by atoms with Gasteiger partial charge < -0.3 is 0 Å². The molecule has 0 saturated carbocycles. The minimum absolute atomic E-state index is 0.325. The molecule has 54 valence electrons. The van der Waals surface area contributed by atoms with Gasteiger partial charge >= 0.3 is 0 Å². The summed E-state index contributed by atoms with van der Waals surface area (Å²) in [5, 5.41) is 0.883. The fourth-order valence-corrected chi connectivity index (χ4v) is 2.50. The summed E-state index contributed by atoms with van der Waals surface area (Å²) < 4.78 is 2.01. The first-order chi connectivity index (χ1) is 4.09. The van der Waals surface area contributed by atoms with E-state index in [1.54, 1.807) is 0 Å². The summed E-state index contributed by atoms with van der Waals surface area (Å²) in [5.41, 5.74) is 0. The van der Waals surface area contributed by atoms with Crippen LogP contribution in [0.1, 0.15) is 0 Å². The predicted octanol–water partition coefficient (Wildman–Crippen LogP) is 4.50. The van der Waals surface area contributed by atoms with Crippen LogP contribution in [0.4, 0.5) is 0 Å². The molecule has 0 aromatic carbocycles. The van der Waals surface area contributed by atoms with Crippen LogP contribution in [-0.2, 0) is 0 Å². The molecule has 0 aromatic rings. The molecule has 0 nitrogen and oxygen atoms in total. The summed E-state index contributed by atoms with van der Waals surface area (Å²) in [6.07, 6.45) is 0. The molecule has 0 spiro atoms. The number of rotatable bonds is 2. The molecule has 0 rings (SSSR count). The summed E-state index contributed by atoms with van der Waals surface area (Å²) in [6.45, 7) is 0. The molecule has 0 fully saturated rings. The Kier molecular flexibility index (Phi) is 7.11. The monoisotopic (exact) mass is 446 g/mol. The van der Waals surface area contributed by atoms with Crippen molar-refractivity contribution in [1.29, 1.82) is 0 Å². The first kappa shape index (κ1) is 11.1. The second-order valence-corrected chi connectivity index (χ2v) is 6.49. The number of alkyl halides is 2. The summed E-state index contributed by atoms with van der Waals surface area (Å²) in [7, 11) is 0. The fraction of sp³-hybridized carbons (Fsp3) is 0.500. The largest absolute Gasteiger partial charge is 0.0912 e. The van der Waals surface area contributed by atoms with E-state index in [4.69, 9.17) is 0 Å². The highest BCUT2D eigenvalue weighted by Crippen LogP contribution is 2.30. The van der Waals surface area contributed by atoms with Crippen molar-refractivity contribution in [2.75, 3.05) is 5.33 Å². The number of hydrogen-bond donors (Lipinski definition) is 0. The van der Waals surface area contributed by atoms with Crippen LogP contribution in [0.25, 0.3) is 0 Å². The van der Waals surface area contributed by atoms with Gasteiger partial charge in [0, 0.05) is 9.81 Å². The van der Waals surface area contributed by atoms with Gasteiger partial charge in [-0.1, -0.05) is 47.8 Å². The lowest BCUT2D eigenvalue weighted by Crippen LogP contribution is -1.97. The van der Waals surface area contributed by atoms with Gasteiger partial charge in [0.2, 0.25) is 0 Å². The summed E-state index contributed by atoms with van der Waals surface area (Å²) >= 11 is 16.7. The molecule has 0 aliphatic heterocycles. The molecular formula is C4H3Br5. The van der Waals surface area contributed by atoms with Gasteiger partial charge in [0.15, 0.2) is 0 Å². The zero-order valence-electron chi connectivity index (χ0n) is 4.17. The molecule has 1 atom stereocenters. The van der Waals surface area contributed by atoms with E-state index < -0.39 is 0 Å². The molecule has 0 bridgehead atoms. The molecule has 0 amide bonds. The van der Waals surface area contributed by atoms with Gasteiger partial charge in [-0.15, -0.1) is 0 Å². The van der Waals surface area contributed by atoms with Crippen molar-refractivity contribution >= 4 is 79.6 Å². The maximum atomic E-state index is 3.43. The van der Waals surface area contributed by atoms with Crippen molar-refractivity contribution in [3.63, 3.8) is 0 Å². The van der Waals surface area contributed by atoms with Crippen LogP contribution in [0.3, 0.4) is 0 Å². The quantitative estimate of drug-likeness (QED) is 0.544. The van der Waals surface area contributed by atoms with Crippen molar-refractivity contribution in [3.05, 3.63) is 7.87 Å². The van der Waals surface area contributed by atoms with Crippen molar-refractivity contribution in [2.45, 2.75) is 4.83 Å². The second kappa shape index (κ2) is 5.75. The molecule has 5 heteroatoms. The Bertz CT molecular complexity index is 114. The predicted molar refractivity (Wildman–Crippen MR) is 60.3 cm³/mol. The van der Waals surface area contributed by atoms with Crippen LogP contribution in [0.2, 0.25) is 0 Å². The molecular weight excluding hydrogens is 448 g/mol. The van der Waals surface area contributed by atoms with Gasteiger partial charge in [-0.2, -0.15) is 0 Å².